The van der Waals surface area contributed by atoms with E-state index >= 15 is 0 Å². The van der Waals surface area contributed by atoms with Crippen molar-refractivity contribution < 1.29 is 28.6 Å². The Morgan fingerprint density at radius 1 is 1.06 bits per heavy atom. The molecule has 0 spiro atoms. The van der Waals surface area contributed by atoms with Gasteiger partial charge in [-0.2, -0.15) is 0 Å². The van der Waals surface area contributed by atoms with Crippen LogP contribution >= 0.6 is 0 Å². The van der Waals surface area contributed by atoms with Crippen molar-refractivity contribution in [3.63, 3.8) is 0 Å². The molecular weight excluding hydrogens is 450 g/mol. The molecule has 4 rings (SSSR count). The molecule has 9 nitrogen and oxygen atoms in total. The number of carbonyl (C=O) groups excluding carboxylic acids is 2. The first-order valence-corrected chi connectivity index (χ1v) is 11.4. The molecule has 1 aliphatic rings. The number of rotatable bonds is 9. The van der Waals surface area contributed by atoms with Gasteiger partial charge in [0.15, 0.2) is 17.8 Å². The standard InChI is InChI=1S/C26H27N3O6/c1-15(2)21(11-23(30)27-12-22-24(25(31)32)28-14-35-22)29-26(33)34-13-20-18-9-5-3-7-16(18)17-8-4-6-10-19(17)20/h3-10,14-15,20-21H,11-13H2,1-2H3,(H,27,30)(H,29,33)(H,31,32)/t21-/m1/s1. The summed E-state index contributed by atoms with van der Waals surface area (Å²) < 4.78 is 10.6. The SMILES string of the molecule is CC(C)[C@@H](CC(=O)NCc1ocnc1C(=O)O)NC(=O)OCC1c2ccccc2-c2ccccc21. The lowest BCUT2D eigenvalue weighted by Gasteiger charge is -2.22. The van der Waals surface area contributed by atoms with Gasteiger partial charge in [0, 0.05) is 18.4 Å². The minimum absolute atomic E-state index is 0.00158. The Hall–Kier alpha value is -4.14. The molecule has 1 heterocycles. The molecule has 0 fully saturated rings. The second-order valence-electron chi connectivity index (χ2n) is 8.73. The number of ether oxygens (including phenoxy) is 1. The number of fused-ring (bicyclic) bond motifs is 3. The molecule has 182 valence electrons. The van der Waals surface area contributed by atoms with Gasteiger partial charge in [0.2, 0.25) is 5.91 Å². The molecular formula is C26H27N3O6. The van der Waals surface area contributed by atoms with Gasteiger partial charge < -0.3 is 24.9 Å². The minimum atomic E-state index is -1.24. The van der Waals surface area contributed by atoms with Gasteiger partial charge in [0.1, 0.15) is 6.61 Å². The van der Waals surface area contributed by atoms with E-state index in [9.17, 15) is 14.4 Å². The summed E-state index contributed by atoms with van der Waals surface area (Å²) in [5.41, 5.74) is 4.28. The van der Waals surface area contributed by atoms with Crippen LogP contribution in [0.1, 0.15) is 53.6 Å². The number of oxazole rings is 1. The average Bonchev–Trinajstić information content (AvgIpc) is 3.44. The molecule has 1 aromatic heterocycles. The van der Waals surface area contributed by atoms with E-state index in [-0.39, 0.29) is 48.8 Å². The minimum Gasteiger partial charge on any atom is -0.476 e. The largest absolute Gasteiger partial charge is 0.476 e. The van der Waals surface area contributed by atoms with E-state index in [0.29, 0.717) is 0 Å². The Balaban J connectivity index is 1.33. The maximum atomic E-state index is 12.6. The van der Waals surface area contributed by atoms with Crippen LogP contribution in [0.3, 0.4) is 0 Å². The molecule has 2 aromatic carbocycles. The second kappa shape index (κ2) is 10.4. The maximum Gasteiger partial charge on any atom is 0.407 e. The zero-order chi connectivity index (χ0) is 24.9. The highest BCUT2D eigenvalue weighted by Crippen LogP contribution is 2.44. The number of nitrogens with zero attached hydrogens (tertiary/aromatic N) is 1. The van der Waals surface area contributed by atoms with Crippen LogP contribution in [-0.4, -0.2) is 40.7 Å². The highest BCUT2D eigenvalue weighted by molar-refractivity contribution is 5.86. The molecule has 0 unspecified atom stereocenters. The van der Waals surface area contributed by atoms with E-state index in [4.69, 9.17) is 14.3 Å². The van der Waals surface area contributed by atoms with E-state index < -0.39 is 18.1 Å². The Morgan fingerprint density at radius 2 is 1.69 bits per heavy atom. The van der Waals surface area contributed by atoms with Crippen molar-refractivity contribution in [1.29, 1.82) is 0 Å². The maximum absolute atomic E-state index is 12.6. The summed E-state index contributed by atoms with van der Waals surface area (Å²) in [6.07, 6.45) is 0.417. The molecule has 3 N–H and O–H groups in total. The number of benzene rings is 2. The first-order valence-electron chi connectivity index (χ1n) is 11.4. The first-order chi connectivity index (χ1) is 16.8. The monoisotopic (exact) mass is 477 g/mol. The van der Waals surface area contributed by atoms with Crippen LogP contribution in [0, 0.1) is 5.92 Å². The van der Waals surface area contributed by atoms with Gasteiger partial charge in [-0.1, -0.05) is 62.4 Å². The fraction of sp³-hybridized carbons (Fsp3) is 0.308. The van der Waals surface area contributed by atoms with Crippen molar-refractivity contribution >= 4 is 18.0 Å². The van der Waals surface area contributed by atoms with Crippen molar-refractivity contribution in [3.05, 3.63) is 77.5 Å². The van der Waals surface area contributed by atoms with Crippen molar-refractivity contribution in [2.24, 2.45) is 5.92 Å². The Labute approximate surface area is 202 Å². The van der Waals surface area contributed by atoms with Crippen molar-refractivity contribution in [2.45, 2.75) is 38.8 Å². The lowest BCUT2D eigenvalue weighted by Crippen LogP contribution is -2.42. The van der Waals surface area contributed by atoms with E-state index in [1.807, 2.05) is 50.2 Å². The lowest BCUT2D eigenvalue weighted by molar-refractivity contribution is -0.122. The van der Waals surface area contributed by atoms with Gasteiger partial charge in [-0.25, -0.2) is 14.6 Å². The molecule has 0 bridgehead atoms. The predicted molar refractivity (Wildman–Crippen MR) is 127 cm³/mol. The van der Waals surface area contributed by atoms with Crippen LogP contribution in [0.4, 0.5) is 4.79 Å². The second-order valence-corrected chi connectivity index (χ2v) is 8.73. The smallest absolute Gasteiger partial charge is 0.407 e. The van der Waals surface area contributed by atoms with Crippen LogP contribution < -0.4 is 10.6 Å². The van der Waals surface area contributed by atoms with Crippen LogP contribution in [0.2, 0.25) is 0 Å². The molecule has 0 saturated carbocycles. The third-order valence-electron chi connectivity index (χ3n) is 6.15. The molecule has 9 heteroatoms. The van der Waals surface area contributed by atoms with Gasteiger partial charge in [-0.15, -0.1) is 0 Å². The third-order valence-corrected chi connectivity index (χ3v) is 6.15. The Kier molecular flexibility index (Phi) is 7.14. The molecule has 3 aromatic rings. The molecule has 0 saturated heterocycles. The van der Waals surface area contributed by atoms with E-state index in [1.165, 1.54) is 0 Å². The number of carboxylic acid groups (broad SMARTS) is 1. The number of aromatic carboxylic acids is 1. The number of amides is 2. The molecule has 0 aliphatic heterocycles. The third kappa shape index (κ3) is 5.34. The average molecular weight is 478 g/mol. The van der Waals surface area contributed by atoms with E-state index in [1.54, 1.807) is 0 Å². The van der Waals surface area contributed by atoms with E-state index in [0.717, 1.165) is 28.6 Å². The summed E-state index contributed by atoms with van der Waals surface area (Å²) in [7, 11) is 0. The fourth-order valence-corrected chi connectivity index (χ4v) is 4.27. The van der Waals surface area contributed by atoms with Gasteiger partial charge in [0.25, 0.3) is 0 Å². The van der Waals surface area contributed by atoms with Crippen LogP contribution in [0.5, 0.6) is 0 Å². The number of aromatic nitrogens is 1. The van der Waals surface area contributed by atoms with Crippen LogP contribution in [0.25, 0.3) is 11.1 Å². The predicted octanol–water partition coefficient (Wildman–Crippen LogP) is 3.94. The number of carbonyl (C=O) groups is 3. The summed E-state index contributed by atoms with van der Waals surface area (Å²) in [4.78, 5) is 39.8. The van der Waals surface area contributed by atoms with Gasteiger partial charge in [0.05, 0.1) is 6.54 Å². The quantitative estimate of drug-likeness (QED) is 0.425. The molecule has 1 aliphatic carbocycles. The lowest BCUT2D eigenvalue weighted by atomic mass is 9.98. The summed E-state index contributed by atoms with van der Waals surface area (Å²) in [6.45, 7) is 3.85. The van der Waals surface area contributed by atoms with Crippen LogP contribution in [0.15, 0.2) is 59.3 Å². The van der Waals surface area contributed by atoms with Crippen LogP contribution in [-0.2, 0) is 16.1 Å². The normalized spacial score (nSPS) is 13.1. The Bertz CT molecular complexity index is 1190. The first kappa shape index (κ1) is 24.0. The van der Waals surface area contributed by atoms with Gasteiger partial charge in [-0.3, -0.25) is 4.79 Å². The number of nitrogens with one attached hydrogen (secondary N) is 2. The summed E-state index contributed by atoms with van der Waals surface area (Å²) in [5.74, 6) is -1.65. The number of hydrogen-bond donors (Lipinski definition) is 3. The van der Waals surface area contributed by atoms with E-state index in [2.05, 4.69) is 27.8 Å². The van der Waals surface area contributed by atoms with Gasteiger partial charge in [-0.05, 0) is 28.2 Å². The summed E-state index contributed by atoms with van der Waals surface area (Å²) >= 11 is 0. The summed E-state index contributed by atoms with van der Waals surface area (Å²) in [5, 5.41) is 14.5. The highest BCUT2D eigenvalue weighted by atomic mass is 16.5. The molecule has 35 heavy (non-hydrogen) atoms. The number of alkyl carbamates (subject to hydrolysis) is 1. The van der Waals surface area contributed by atoms with Crippen molar-refractivity contribution in [3.8, 4) is 11.1 Å². The molecule has 2 amide bonds. The number of hydrogen-bond acceptors (Lipinski definition) is 6. The fourth-order valence-electron chi connectivity index (χ4n) is 4.27. The highest BCUT2D eigenvalue weighted by Gasteiger charge is 2.29. The summed E-state index contributed by atoms with van der Waals surface area (Å²) in [6, 6.07) is 15.7. The zero-order valence-corrected chi connectivity index (χ0v) is 19.5. The molecule has 0 radical (unpaired) electrons. The van der Waals surface area contributed by atoms with Crippen molar-refractivity contribution in [2.75, 3.05) is 6.61 Å². The number of carboxylic acids is 1. The van der Waals surface area contributed by atoms with Gasteiger partial charge >= 0.3 is 12.1 Å². The Morgan fingerprint density at radius 3 is 2.29 bits per heavy atom. The molecule has 1 atom stereocenters. The zero-order valence-electron chi connectivity index (χ0n) is 19.5. The van der Waals surface area contributed by atoms with Crippen molar-refractivity contribution in [1.82, 2.24) is 15.6 Å². The topological polar surface area (TPSA) is 131 Å².